The summed E-state index contributed by atoms with van der Waals surface area (Å²) in [6, 6.07) is 14.4. The first-order valence-corrected chi connectivity index (χ1v) is 7.93. The Morgan fingerprint density at radius 2 is 1.62 bits per heavy atom. The minimum Gasteiger partial charge on any atom is -0.482 e. The quantitative estimate of drug-likeness (QED) is 0.733. The third-order valence-electron chi connectivity index (χ3n) is 3.78. The van der Waals surface area contributed by atoms with E-state index >= 15 is 0 Å². The predicted molar refractivity (Wildman–Crippen MR) is 93.2 cm³/mol. The van der Waals surface area contributed by atoms with Gasteiger partial charge in [-0.25, -0.2) is 4.79 Å². The number of nitrogens with zero attached hydrogens (tertiary/aromatic N) is 1. The zero-order chi connectivity index (χ0) is 19.1. The van der Waals surface area contributed by atoms with Gasteiger partial charge in [0.05, 0.1) is 11.6 Å². The molecule has 1 N–H and O–H groups in total. The Bertz CT molecular complexity index is 847. The van der Waals surface area contributed by atoms with E-state index in [1.54, 1.807) is 43.3 Å². The van der Waals surface area contributed by atoms with E-state index in [4.69, 9.17) is 15.1 Å². The van der Waals surface area contributed by atoms with Crippen molar-refractivity contribution in [3.63, 3.8) is 0 Å². The van der Waals surface area contributed by atoms with E-state index in [0.717, 1.165) is 0 Å². The summed E-state index contributed by atoms with van der Waals surface area (Å²) in [5, 5.41) is 17.3. The predicted octanol–water partition coefficient (Wildman–Crippen LogP) is 3.11. The molecule has 0 aliphatic carbocycles. The highest BCUT2D eigenvalue weighted by Gasteiger charge is 2.19. The van der Waals surface area contributed by atoms with Gasteiger partial charge in [-0.3, -0.25) is 9.59 Å². The molecule has 6 heteroatoms. The lowest BCUT2D eigenvalue weighted by atomic mass is 9.92. The molecule has 0 heterocycles. The first-order chi connectivity index (χ1) is 12.4. The Morgan fingerprint density at radius 1 is 1.04 bits per heavy atom. The third-order valence-corrected chi connectivity index (χ3v) is 3.78. The summed E-state index contributed by atoms with van der Waals surface area (Å²) in [5.74, 6) is -1.59. The fourth-order valence-corrected chi connectivity index (χ4v) is 2.36. The molecule has 2 aromatic rings. The number of carboxylic acids is 1. The number of ketones is 2. The molecule has 2 rings (SSSR count). The van der Waals surface area contributed by atoms with E-state index in [2.05, 4.69) is 0 Å². The maximum Gasteiger partial charge on any atom is 0.341 e. The average Bonchev–Trinajstić information content (AvgIpc) is 2.66. The lowest BCUT2D eigenvalue weighted by Crippen LogP contribution is -2.16. The number of ether oxygens (including phenoxy) is 1. The summed E-state index contributed by atoms with van der Waals surface area (Å²) >= 11 is 0. The molecular formula is C20H17NO5. The number of aliphatic carboxylic acids is 1. The highest BCUT2D eigenvalue weighted by molar-refractivity contribution is 6.03. The number of benzene rings is 2. The van der Waals surface area contributed by atoms with Crippen molar-refractivity contribution >= 4 is 17.5 Å². The molecule has 26 heavy (non-hydrogen) atoms. The highest BCUT2D eigenvalue weighted by atomic mass is 16.5. The molecule has 0 saturated carbocycles. The Labute approximate surface area is 150 Å². The Balaban J connectivity index is 1.98. The molecular weight excluding hydrogens is 334 g/mol. The second kappa shape index (κ2) is 8.58. The number of hydrogen-bond donors (Lipinski definition) is 1. The first-order valence-electron chi connectivity index (χ1n) is 7.93. The van der Waals surface area contributed by atoms with Gasteiger partial charge in [0.25, 0.3) is 0 Å². The lowest BCUT2D eigenvalue weighted by molar-refractivity contribution is -0.139. The van der Waals surface area contributed by atoms with Crippen LogP contribution >= 0.6 is 0 Å². The largest absolute Gasteiger partial charge is 0.482 e. The minimum absolute atomic E-state index is 0.0575. The SMILES string of the molecule is CC(CC(=O)c1ccc(C#N)cc1)C(=O)c1ccc(OCC(=O)O)cc1. The number of carbonyl (C=O) groups excluding carboxylic acids is 2. The summed E-state index contributed by atoms with van der Waals surface area (Å²) in [6.07, 6.45) is 0.0575. The van der Waals surface area contributed by atoms with Crippen molar-refractivity contribution in [2.75, 3.05) is 6.61 Å². The van der Waals surface area contributed by atoms with E-state index in [1.165, 1.54) is 12.1 Å². The maximum absolute atomic E-state index is 12.5. The number of Topliss-reactive ketones (excluding diaryl/α,β-unsaturated/α-hetero) is 2. The van der Waals surface area contributed by atoms with Crippen molar-refractivity contribution in [1.29, 1.82) is 5.26 Å². The number of carboxylic acid groups (broad SMARTS) is 1. The molecule has 6 nitrogen and oxygen atoms in total. The molecule has 0 saturated heterocycles. The average molecular weight is 351 g/mol. The molecule has 0 aromatic heterocycles. The van der Waals surface area contributed by atoms with E-state index in [9.17, 15) is 14.4 Å². The van der Waals surface area contributed by atoms with Gasteiger partial charge in [0, 0.05) is 23.5 Å². The van der Waals surface area contributed by atoms with Crippen LogP contribution in [0, 0.1) is 17.2 Å². The second-order valence-corrected chi connectivity index (χ2v) is 5.79. The molecule has 0 spiro atoms. The number of hydrogen-bond acceptors (Lipinski definition) is 5. The summed E-state index contributed by atoms with van der Waals surface area (Å²) in [4.78, 5) is 35.2. The second-order valence-electron chi connectivity index (χ2n) is 5.79. The number of nitriles is 1. The van der Waals surface area contributed by atoms with Crippen molar-refractivity contribution in [1.82, 2.24) is 0 Å². The van der Waals surface area contributed by atoms with Crippen LogP contribution in [-0.2, 0) is 4.79 Å². The zero-order valence-corrected chi connectivity index (χ0v) is 14.1. The van der Waals surface area contributed by atoms with E-state index in [0.29, 0.717) is 22.4 Å². The van der Waals surface area contributed by atoms with Crippen LogP contribution in [0.3, 0.4) is 0 Å². The van der Waals surface area contributed by atoms with Gasteiger partial charge < -0.3 is 9.84 Å². The Kier molecular flexibility index (Phi) is 6.23. The van der Waals surface area contributed by atoms with Gasteiger partial charge in [0.2, 0.25) is 0 Å². The van der Waals surface area contributed by atoms with Crippen LogP contribution in [0.15, 0.2) is 48.5 Å². The molecule has 2 aromatic carbocycles. The van der Waals surface area contributed by atoms with Crippen molar-refractivity contribution < 1.29 is 24.2 Å². The molecule has 1 unspecified atom stereocenters. The van der Waals surface area contributed by atoms with Crippen LogP contribution in [-0.4, -0.2) is 29.2 Å². The lowest BCUT2D eigenvalue weighted by Gasteiger charge is -2.11. The third kappa shape index (κ3) is 5.02. The maximum atomic E-state index is 12.5. The zero-order valence-electron chi connectivity index (χ0n) is 14.1. The van der Waals surface area contributed by atoms with Crippen LogP contribution in [0.2, 0.25) is 0 Å². The van der Waals surface area contributed by atoms with Crippen molar-refractivity contribution in [3.05, 3.63) is 65.2 Å². The molecule has 0 bridgehead atoms. The molecule has 0 aliphatic rings. The molecule has 0 aliphatic heterocycles. The van der Waals surface area contributed by atoms with Gasteiger partial charge in [-0.15, -0.1) is 0 Å². The van der Waals surface area contributed by atoms with Crippen LogP contribution in [0.1, 0.15) is 39.6 Å². The molecule has 0 fully saturated rings. The summed E-state index contributed by atoms with van der Waals surface area (Å²) in [5.41, 5.74) is 1.35. The first kappa shape index (κ1) is 18.9. The monoisotopic (exact) mass is 351 g/mol. The van der Waals surface area contributed by atoms with Crippen molar-refractivity contribution in [3.8, 4) is 11.8 Å². The van der Waals surface area contributed by atoms with E-state index in [1.807, 2.05) is 6.07 Å². The number of rotatable bonds is 8. The van der Waals surface area contributed by atoms with Gasteiger partial charge in [-0.05, 0) is 36.4 Å². The van der Waals surface area contributed by atoms with Gasteiger partial charge in [-0.2, -0.15) is 5.26 Å². The standard InChI is InChI=1S/C20H17NO5/c1-13(10-18(22)15-4-2-14(11-21)3-5-15)20(25)16-6-8-17(9-7-16)26-12-19(23)24/h2-9,13H,10,12H2,1H3,(H,23,24). The fourth-order valence-electron chi connectivity index (χ4n) is 2.36. The van der Waals surface area contributed by atoms with Crippen LogP contribution in [0.5, 0.6) is 5.75 Å². The van der Waals surface area contributed by atoms with Gasteiger partial charge in [-0.1, -0.05) is 19.1 Å². The minimum atomic E-state index is -1.08. The Hall–Kier alpha value is -3.46. The van der Waals surface area contributed by atoms with Crippen molar-refractivity contribution in [2.24, 2.45) is 5.92 Å². The van der Waals surface area contributed by atoms with Gasteiger partial charge >= 0.3 is 5.97 Å². The summed E-state index contributed by atoms with van der Waals surface area (Å²) in [6.45, 7) is 1.22. The summed E-state index contributed by atoms with van der Waals surface area (Å²) < 4.78 is 5.02. The smallest absolute Gasteiger partial charge is 0.341 e. The molecule has 1 atom stereocenters. The van der Waals surface area contributed by atoms with Crippen LogP contribution < -0.4 is 4.74 Å². The summed E-state index contributed by atoms with van der Waals surface area (Å²) in [7, 11) is 0. The topological polar surface area (TPSA) is 104 Å². The normalized spacial score (nSPS) is 11.2. The van der Waals surface area contributed by atoms with Crippen LogP contribution in [0.25, 0.3) is 0 Å². The van der Waals surface area contributed by atoms with Gasteiger partial charge in [0.15, 0.2) is 18.2 Å². The van der Waals surface area contributed by atoms with E-state index < -0.39 is 18.5 Å². The number of carbonyl (C=O) groups is 3. The van der Waals surface area contributed by atoms with Gasteiger partial charge in [0.1, 0.15) is 5.75 Å². The van der Waals surface area contributed by atoms with E-state index in [-0.39, 0.29) is 18.0 Å². The molecule has 0 radical (unpaired) electrons. The van der Waals surface area contributed by atoms with Crippen molar-refractivity contribution in [2.45, 2.75) is 13.3 Å². The fraction of sp³-hybridized carbons (Fsp3) is 0.200. The van der Waals surface area contributed by atoms with Crippen LogP contribution in [0.4, 0.5) is 0 Å². The molecule has 0 amide bonds. The Morgan fingerprint density at radius 3 is 2.15 bits per heavy atom. The molecule has 132 valence electrons. The highest BCUT2D eigenvalue weighted by Crippen LogP contribution is 2.18.